The van der Waals surface area contributed by atoms with Crippen LogP contribution in [0.15, 0.2) is 29.3 Å². The van der Waals surface area contributed by atoms with Crippen LogP contribution in [-0.2, 0) is 16.1 Å². The molecule has 1 fully saturated rings. The molecule has 0 saturated carbocycles. The minimum absolute atomic E-state index is 0.00458. The van der Waals surface area contributed by atoms with Crippen LogP contribution in [0.4, 0.5) is 10.5 Å². The Bertz CT molecular complexity index is 808. The lowest BCUT2D eigenvalue weighted by molar-refractivity contribution is -0.384. The third-order valence-electron chi connectivity index (χ3n) is 5.11. The van der Waals surface area contributed by atoms with Crippen LogP contribution in [0.2, 0.25) is 0 Å². The molecule has 2 aliphatic rings. The average Bonchev–Trinajstić information content (AvgIpc) is 3.21. The number of nitro benzene ring substituents is 1. The van der Waals surface area contributed by atoms with Gasteiger partial charge in [-0.2, -0.15) is 0 Å². The molecular weight excluding hydrogens is 378 g/mol. The van der Waals surface area contributed by atoms with Crippen LogP contribution >= 0.6 is 0 Å². The Morgan fingerprint density at radius 3 is 2.66 bits per heavy atom. The number of likely N-dealkylation sites (N-methyl/N-ethyl adjacent to an activating group) is 1. The standard InChI is InChI=1S/C19H25N5O5/c1-21(2)17-12-22(11-9-20-17)18(25)16-4-3-10-23(16)19(26)29-13-14-5-7-15(8-6-14)24(27)28/h5-8,16H,3-4,9-13H2,1-2H3. The molecule has 1 atom stereocenters. The van der Waals surface area contributed by atoms with Crippen molar-refractivity contribution < 1.29 is 19.2 Å². The van der Waals surface area contributed by atoms with E-state index in [1.54, 1.807) is 17.0 Å². The highest BCUT2D eigenvalue weighted by atomic mass is 16.6. The Labute approximate surface area is 168 Å². The summed E-state index contributed by atoms with van der Waals surface area (Å²) in [5.41, 5.74) is 0.626. The van der Waals surface area contributed by atoms with E-state index in [4.69, 9.17) is 4.74 Å². The van der Waals surface area contributed by atoms with Crippen LogP contribution in [0.5, 0.6) is 0 Å². The monoisotopic (exact) mass is 403 g/mol. The van der Waals surface area contributed by atoms with Gasteiger partial charge >= 0.3 is 6.09 Å². The van der Waals surface area contributed by atoms with E-state index in [2.05, 4.69) is 4.99 Å². The number of carbonyl (C=O) groups is 2. The number of ether oxygens (including phenoxy) is 1. The highest BCUT2D eigenvalue weighted by Gasteiger charge is 2.38. The molecule has 1 aromatic rings. The van der Waals surface area contributed by atoms with Gasteiger partial charge in [-0.15, -0.1) is 0 Å². The second kappa shape index (κ2) is 8.89. The molecule has 0 spiro atoms. The Balaban J connectivity index is 1.58. The van der Waals surface area contributed by atoms with E-state index < -0.39 is 17.1 Å². The van der Waals surface area contributed by atoms with Crippen LogP contribution in [0.25, 0.3) is 0 Å². The molecule has 3 rings (SSSR count). The van der Waals surface area contributed by atoms with Crippen molar-refractivity contribution in [3.63, 3.8) is 0 Å². The van der Waals surface area contributed by atoms with Crippen LogP contribution in [0.1, 0.15) is 18.4 Å². The van der Waals surface area contributed by atoms with Gasteiger partial charge in [0.15, 0.2) is 0 Å². The van der Waals surface area contributed by atoms with E-state index >= 15 is 0 Å². The Hall–Kier alpha value is -3.17. The molecule has 1 saturated heterocycles. The lowest BCUT2D eigenvalue weighted by Crippen LogP contribution is -2.52. The zero-order valence-corrected chi connectivity index (χ0v) is 16.6. The molecule has 1 aromatic carbocycles. The van der Waals surface area contributed by atoms with Gasteiger partial charge in [0.05, 0.1) is 18.0 Å². The number of rotatable bonds is 4. The molecule has 156 valence electrons. The van der Waals surface area contributed by atoms with E-state index in [0.717, 1.165) is 12.3 Å². The predicted molar refractivity (Wildman–Crippen MR) is 106 cm³/mol. The number of carbonyl (C=O) groups excluding carboxylic acids is 2. The summed E-state index contributed by atoms with van der Waals surface area (Å²) in [6.07, 6.45) is 0.805. The zero-order chi connectivity index (χ0) is 21.0. The van der Waals surface area contributed by atoms with E-state index in [1.165, 1.54) is 17.0 Å². The molecule has 0 radical (unpaired) electrons. The maximum absolute atomic E-state index is 13.0. The second-order valence-corrected chi connectivity index (χ2v) is 7.28. The maximum atomic E-state index is 13.0. The molecular formula is C19H25N5O5. The molecule has 0 aromatic heterocycles. The van der Waals surface area contributed by atoms with Gasteiger partial charge in [0, 0.05) is 39.3 Å². The summed E-state index contributed by atoms with van der Waals surface area (Å²) in [6.45, 7) is 2.00. The maximum Gasteiger partial charge on any atom is 0.410 e. The first-order valence-corrected chi connectivity index (χ1v) is 9.53. The van der Waals surface area contributed by atoms with Gasteiger partial charge in [0.2, 0.25) is 5.91 Å². The first-order valence-electron chi connectivity index (χ1n) is 9.53. The topological polar surface area (TPSA) is 109 Å². The third kappa shape index (κ3) is 4.82. The quantitative estimate of drug-likeness (QED) is 0.557. The van der Waals surface area contributed by atoms with Gasteiger partial charge in [-0.3, -0.25) is 24.8 Å². The largest absolute Gasteiger partial charge is 0.445 e. The molecule has 1 unspecified atom stereocenters. The normalized spacial score (nSPS) is 19.0. The van der Waals surface area contributed by atoms with Crippen LogP contribution < -0.4 is 0 Å². The van der Waals surface area contributed by atoms with E-state index in [9.17, 15) is 19.7 Å². The van der Waals surface area contributed by atoms with Crippen LogP contribution in [0.3, 0.4) is 0 Å². The van der Waals surface area contributed by atoms with Crippen molar-refractivity contribution in [2.75, 3.05) is 40.3 Å². The number of benzene rings is 1. The number of nitro groups is 1. The fourth-order valence-electron chi connectivity index (χ4n) is 3.47. The molecule has 10 nitrogen and oxygen atoms in total. The van der Waals surface area contributed by atoms with Crippen LogP contribution in [0, 0.1) is 10.1 Å². The summed E-state index contributed by atoms with van der Waals surface area (Å²) < 4.78 is 5.35. The third-order valence-corrected chi connectivity index (χ3v) is 5.11. The number of hydrogen-bond donors (Lipinski definition) is 0. The number of aliphatic imine (C=N–C) groups is 1. The number of amidine groups is 1. The van der Waals surface area contributed by atoms with Crippen molar-refractivity contribution in [2.45, 2.75) is 25.5 Å². The highest BCUT2D eigenvalue weighted by molar-refractivity contribution is 5.92. The zero-order valence-electron chi connectivity index (χ0n) is 16.6. The number of likely N-dealkylation sites (tertiary alicyclic amines) is 1. The minimum atomic E-state index is -0.544. The van der Waals surface area contributed by atoms with Gasteiger partial charge in [0.25, 0.3) is 5.69 Å². The van der Waals surface area contributed by atoms with Gasteiger partial charge in [-0.05, 0) is 30.5 Å². The molecule has 0 bridgehead atoms. The Kier molecular flexibility index (Phi) is 6.30. The average molecular weight is 403 g/mol. The van der Waals surface area contributed by atoms with Crippen molar-refractivity contribution in [1.82, 2.24) is 14.7 Å². The van der Waals surface area contributed by atoms with Crippen molar-refractivity contribution in [1.29, 1.82) is 0 Å². The molecule has 29 heavy (non-hydrogen) atoms. The predicted octanol–water partition coefficient (Wildman–Crippen LogP) is 1.50. The summed E-state index contributed by atoms with van der Waals surface area (Å²) in [6, 6.07) is 5.31. The van der Waals surface area contributed by atoms with Crippen molar-refractivity contribution in [3.8, 4) is 0 Å². The van der Waals surface area contributed by atoms with E-state index in [1.807, 2.05) is 19.0 Å². The molecule has 0 aliphatic carbocycles. The van der Waals surface area contributed by atoms with Crippen LogP contribution in [-0.4, -0.2) is 83.8 Å². The summed E-state index contributed by atoms with van der Waals surface area (Å²) in [7, 11) is 3.79. The summed E-state index contributed by atoms with van der Waals surface area (Å²) in [5.74, 6) is 0.763. The minimum Gasteiger partial charge on any atom is -0.445 e. The summed E-state index contributed by atoms with van der Waals surface area (Å²) in [5, 5.41) is 10.7. The van der Waals surface area contributed by atoms with Gasteiger partial charge in [-0.25, -0.2) is 4.79 Å². The SMILES string of the molecule is CN(C)C1=NCCN(C(=O)C2CCCN2C(=O)OCc2ccc([N+](=O)[O-])cc2)C1. The smallest absolute Gasteiger partial charge is 0.410 e. The van der Waals surface area contributed by atoms with Gasteiger partial charge in [-0.1, -0.05) is 0 Å². The fourth-order valence-corrected chi connectivity index (χ4v) is 3.47. The van der Waals surface area contributed by atoms with Gasteiger partial charge in [0.1, 0.15) is 18.5 Å². The fraction of sp³-hybridized carbons (Fsp3) is 0.526. The molecule has 2 amide bonds. The molecule has 2 heterocycles. The van der Waals surface area contributed by atoms with Crippen molar-refractivity contribution in [2.24, 2.45) is 4.99 Å². The molecule has 2 aliphatic heterocycles. The first-order chi connectivity index (χ1) is 13.9. The number of nitrogens with zero attached hydrogens (tertiary/aromatic N) is 5. The lowest BCUT2D eigenvalue weighted by Gasteiger charge is -2.33. The lowest BCUT2D eigenvalue weighted by atomic mass is 10.2. The Morgan fingerprint density at radius 1 is 1.28 bits per heavy atom. The van der Waals surface area contributed by atoms with E-state index in [-0.39, 0.29) is 18.2 Å². The van der Waals surface area contributed by atoms with E-state index in [0.29, 0.717) is 38.2 Å². The molecule has 10 heteroatoms. The molecule has 0 N–H and O–H groups in total. The summed E-state index contributed by atoms with van der Waals surface area (Å²) in [4.78, 5) is 45.3. The Morgan fingerprint density at radius 2 is 2.00 bits per heavy atom. The number of amides is 2. The number of non-ortho nitro benzene ring substituents is 1. The summed E-state index contributed by atoms with van der Waals surface area (Å²) >= 11 is 0. The second-order valence-electron chi connectivity index (χ2n) is 7.28. The van der Waals surface area contributed by atoms with Crippen molar-refractivity contribution in [3.05, 3.63) is 39.9 Å². The number of hydrogen-bond acceptors (Lipinski definition) is 7. The highest BCUT2D eigenvalue weighted by Crippen LogP contribution is 2.22. The van der Waals surface area contributed by atoms with Crippen molar-refractivity contribution >= 4 is 23.5 Å². The first kappa shape index (κ1) is 20.6. The van der Waals surface area contributed by atoms with Gasteiger partial charge < -0.3 is 14.5 Å².